The van der Waals surface area contributed by atoms with Gasteiger partial charge in [-0.25, -0.2) is 0 Å². The molecule has 1 aromatic heterocycles. The van der Waals surface area contributed by atoms with E-state index in [-0.39, 0.29) is 62.1 Å². The van der Waals surface area contributed by atoms with Crippen molar-refractivity contribution >= 4 is 92.0 Å². The van der Waals surface area contributed by atoms with Crippen LogP contribution in [-0.4, -0.2) is 108 Å². The average molecular weight is 1240 g/mol. The predicted molar refractivity (Wildman–Crippen MR) is 305 cm³/mol. The number of amides is 4. The highest BCUT2D eigenvalue weighted by molar-refractivity contribution is 7.18. The van der Waals surface area contributed by atoms with Crippen molar-refractivity contribution in [3.63, 3.8) is 0 Å². The molecule has 4 rings (SSSR count). The third-order valence-corrected chi connectivity index (χ3v) is 14.0. The Morgan fingerprint density at radius 3 is 1.86 bits per heavy atom. The zero-order valence-electron chi connectivity index (χ0n) is 49.3. The van der Waals surface area contributed by atoms with Gasteiger partial charge < -0.3 is 64.4 Å². The monoisotopic (exact) mass is 1240 g/mol. The summed E-state index contributed by atoms with van der Waals surface area (Å²) in [6.07, 6.45) is 4.12. The van der Waals surface area contributed by atoms with Gasteiger partial charge in [0.2, 0.25) is 29.1 Å². The molecule has 0 fully saturated rings. The molecule has 0 saturated heterocycles. The van der Waals surface area contributed by atoms with Crippen LogP contribution in [0.3, 0.4) is 0 Å². The molecule has 0 saturated carbocycles. The molecule has 4 amide bonds. The number of benzene rings is 2. The molecule has 4 N–H and O–H groups in total. The number of para-hydroxylation sites is 2. The van der Waals surface area contributed by atoms with Crippen molar-refractivity contribution < 1.29 is 85.9 Å². The number of esters is 3. The first-order valence-corrected chi connectivity index (χ1v) is 28.5. The first-order chi connectivity index (χ1) is 36.9. The van der Waals surface area contributed by atoms with Crippen molar-refractivity contribution in [2.75, 3.05) is 24.5 Å². The van der Waals surface area contributed by atoms with Crippen molar-refractivity contribution in [1.82, 2.24) is 21.3 Å². The zero-order chi connectivity index (χ0) is 58.8. The van der Waals surface area contributed by atoms with Crippen LogP contribution in [0, 0.1) is 11.8 Å². The number of unbranched alkanes of at least 4 members (excludes halogenated alkanes) is 2. The second kappa shape index (κ2) is 31.4. The lowest BCUT2D eigenvalue weighted by Gasteiger charge is -2.32. The summed E-state index contributed by atoms with van der Waals surface area (Å²) >= 11 is 1.79. The van der Waals surface area contributed by atoms with E-state index in [1.165, 1.54) is 32.0 Å². The minimum atomic E-state index is -1.44. The highest BCUT2D eigenvalue weighted by Crippen LogP contribution is 2.37. The van der Waals surface area contributed by atoms with Crippen LogP contribution in [-0.2, 0) is 64.4 Å². The molecule has 1 aliphatic rings. The molecule has 2 aromatic carbocycles. The van der Waals surface area contributed by atoms with Gasteiger partial charge in [-0.05, 0) is 118 Å². The lowest BCUT2D eigenvalue weighted by atomic mass is 9.86. The standard InChI is InChI=1S/C60H86N6O12S.HI/c1-38(2)42(35-49(69)43(28-29-53(71)76-58(4,5)6)63-57(75)45(62-39(3)67)37-55(73)78-60(10,11)12)56(74)64-44(36-54(72)77-59(7,8)9)48(68)25-21-31-61-51(70)27-15-14-20-32-66-33-30-40(41-22-16-17-23-46(41)66)34-52-65(13)47-24-18-19-26-50(47)79-52;/h16-19,22-24,26,34,38,42-45H,14-15,20-21,25,27-33,35-37H2,1-13H3,(H3-,61,62,63,64,67,70,74,75);1H/t42-,43-,44-,45-;/m0./s1. The van der Waals surface area contributed by atoms with Crippen LogP contribution in [0.2, 0.25) is 0 Å². The molecule has 2 heterocycles. The first-order valence-electron chi connectivity index (χ1n) is 27.7. The Bertz CT molecular complexity index is 2680. The number of aromatic nitrogens is 1. The van der Waals surface area contributed by atoms with Gasteiger partial charge in [-0.15, -0.1) is 0 Å². The Balaban J connectivity index is 0.0000168. The van der Waals surface area contributed by atoms with Gasteiger partial charge in [0.15, 0.2) is 11.6 Å². The third-order valence-electron chi connectivity index (χ3n) is 12.9. The van der Waals surface area contributed by atoms with E-state index in [0.717, 1.165) is 39.3 Å². The second-order valence-electron chi connectivity index (χ2n) is 23.7. The van der Waals surface area contributed by atoms with E-state index in [9.17, 15) is 43.2 Å². The number of anilines is 1. The average Bonchev–Trinajstić information content (AvgIpc) is 3.65. The SMILES string of the molecule is CC(=O)N[C@@H](CC(=O)OC(C)(C)C)C(=O)N[C@@H](CCC(=O)OC(C)(C)C)C(=O)C[C@H](C(=O)N[C@@H](CC(=O)OC(C)(C)C)C(=O)CCCNC(=O)CCCCCN1CCC(=Cc2sc3ccccc3[n+]2C)c2ccccc21)C(C)C.[I-]. The molecule has 0 bridgehead atoms. The number of aryl methyl sites for hydroxylation is 1. The number of carbonyl (C=O) groups is 9. The van der Waals surface area contributed by atoms with Gasteiger partial charge in [0.1, 0.15) is 34.6 Å². The number of ketones is 2. The lowest BCUT2D eigenvalue weighted by molar-refractivity contribution is -0.642. The van der Waals surface area contributed by atoms with Crippen molar-refractivity contribution in [2.45, 2.75) is 195 Å². The summed E-state index contributed by atoms with van der Waals surface area (Å²) < 4.78 is 19.8. The molecule has 20 heteroatoms. The van der Waals surface area contributed by atoms with E-state index in [0.29, 0.717) is 12.8 Å². The Morgan fingerprint density at radius 2 is 1.25 bits per heavy atom. The molecule has 3 aromatic rings. The summed E-state index contributed by atoms with van der Waals surface area (Å²) in [5.41, 5.74) is 2.36. The summed E-state index contributed by atoms with van der Waals surface area (Å²) in [5.74, 6) is -7.26. The Hall–Kier alpha value is -5.77. The molecule has 0 aliphatic carbocycles. The second-order valence-corrected chi connectivity index (χ2v) is 24.8. The number of hydrogen-bond acceptors (Lipinski definition) is 14. The van der Waals surface area contributed by atoms with Crippen LogP contribution in [0.5, 0.6) is 0 Å². The fraction of sp³-hybridized carbons (Fsp3) is 0.600. The van der Waals surface area contributed by atoms with Gasteiger partial charge in [0.05, 0.1) is 24.9 Å². The summed E-state index contributed by atoms with van der Waals surface area (Å²) in [7, 11) is 2.11. The fourth-order valence-electron chi connectivity index (χ4n) is 9.14. The number of ether oxygens (including phenoxy) is 3. The first kappa shape index (κ1) is 68.5. The maximum absolute atomic E-state index is 14.2. The van der Waals surface area contributed by atoms with Crippen LogP contribution in [0.1, 0.15) is 171 Å². The maximum atomic E-state index is 14.2. The van der Waals surface area contributed by atoms with Gasteiger partial charge in [-0.2, -0.15) is 4.57 Å². The number of rotatable bonds is 28. The summed E-state index contributed by atoms with van der Waals surface area (Å²) in [5, 5.41) is 11.8. The van der Waals surface area contributed by atoms with Crippen LogP contribution in [0.15, 0.2) is 48.5 Å². The topological polar surface area (TPSA) is 237 Å². The summed E-state index contributed by atoms with van der Waals surface area (Å²) in [6, 6.07) is 12.8. The number of fused-ring (bicyclic) bond motifs is 2. The molecule has 442 valence electrons. The molecule has 18 nitrogen and oxygen atoms in total. The van der Waals surface area contributed by atoms with Gasteiger partial charge in [0.25, 0.3) is 5.01 Å². The van der Waals surface area contributed by atoms with E-state index in [2.05, 4.69) is 92.4 Å². The Morgan fingerprint density at radius 1 is 0.662 bits per heavy atom. The fourth-order valence-corrected chi connectivity index (χ4v) is 10.3. The van der Waals surface area contributed by atoms with Crippen molar-refractivity contribution in [3.8, 4) is 0 Å². The number of halogens is 1. The smallest absolute Gasteiger partial charge is 0.308 e. The molecule has 0 unspecified atom stereocenters. The minimum absolute atomic E-state index is 0. The molecular weight excluding hydrogens is 1160 g/mol. The number of hydrogen-bond donors (Lipinski definition) is 4. The molecule has 0 spiro atoms. The maximum Gasteiger partial charge on any atom is 0.308 e. The molecular formula is C60H87IN6O12S. The third kappa shape index (κ3) is 23.7. The Kier molecular flexibility index (Phi) is 26.9. The van der Waals surface area contributed by atoms with E-state index >= 15 is 0 Å². The number of nitrogens with zero attached hydrogens (tertiary/aromatic N) is 2. The van der Waals surface area contributed by atoms with Crippen molar-refractivity contribution in [2.24, 2.45) is 18.9 Å². The predicted octanol–water partition coefficient (Wildman–Crippen LogP) is 4.80. The minimum Gasteiger partial charge on any atom is -1.00 e. The van der Waals surface area contributed by atoms with Crippen molar-refractivity contribution in [3.05, 3.63) is 59.1 Å². The van der Waals surface area contributed by atoms with Crippen LogP contribution in [0.4, 0.5) is 5.69 Å². The molecule has 4 atom stereocenters. The van der Waals surface area contributed by atoms with Gasteiger partial charge in [0, 0.05) is 81.6 Å². The summed E-state index contributed by atoms with van der Waals surface area (Å²) in [6.45, 7) is 21.5. The lowest BCUT2D eigenvalue weighted by Crippen LogP contribution is -3.00. The van der Waals surface area contributed by atoms with E-state index in [4.69, 9.17) is 14.2 Å². The van der Waals surface area contributed by atoms with Gasteiger partial charge in [-0.1, -0.05) is 61.9 Å². The number of thiazole rings is 1. The normalized spacial score (nSPS) is 14.6. The van der Waals surface area contributed by atoms with Crippen LogP contribution >= 0.6 is 11.3 Å². The highest BCUT2D eigenvalue weighted by atomic mass is 127. The van der Waals surface area contributed by atoms with Gasteiger partial charge in [-0.3, -0.25) is 43.2 Å². The quantitative estimate of drug-likeness (QED) is 0.0252. The van der Waals surface area contributed by atoms with Crippen LogP contribution in [0.25, 0.3) is 21.9 Å². The largest absolute Gasteiger partial charge is 1.00 e. The van der Waals surface area contributed by atoms with Crippen LogP contribution < -0.4 is 54.7 Å². The number of carbonyl (C=O) groups excluding carboxylic acids is 9. The molecule has 80 heavy (non-hydrogen) atoms. The number of Topliss-reactive ketones (excluding diaryl/α,β-unsaturated/α-hetero) is 2. The molecule has 1 aliphatic heterocycles. The summed E-state index contributed by atoms with van der Waals surface area (Å²) in [4.78, 5) is 122. The highest BCUT2D eigenvalue weighted by Gasteiger charge is 2.36. The number of nitrogens with one attached hydrogen (secondary N) is 4. The van der Waals surface area contributed by atoms with Crippen molar-refractivity contribution in [1.29, 1.82) is 0 Å². The van der Waals surface area contributed by atoms with E-state index in [1.54, 1.807) is 87.5 Å². The molecule has 0 radical (unpaired) electrons. The zero-order valence-corrected chi connectivity index (χ0v) is 52.2. The van der Waals surface area contributed by atoms with E-state index in [1.807, 2.05) is 0 Å². The van der Waals surface area contributed by atoms with Gasteiger partial charge >= 0.3 is 17.9 Å². The van der Waals surface area contributed by atoms with E-state index < -0.39 is 113 Å². The Labute approximate surface area is 494 Å².